The summed E-state index contributed by atoms with van der Waals surface area (Å²) in [6, 6.07) is 15.1. The number of hydrogen-bond donors (Lipinski definition) is 0. The van der Waals surface area contributed by atoms with Crippen molar-refractivity contribution in [3.05, 3.63) is 89.0 Å². The van der Waals surface area contributed by atoms with Crippen LogP contribution in [0, 0.1) is 11.6 Å². The summed E-state index contributed by atoms with van der Waals surface area (Å²) in [5, 5.41) is 0. The molecule has 1 unspecified atom stereocenters. The molecule has 154 valence electrons. The van der Waals surface area contributed by atoms with Gasteiger partial charge < -0.3 is 14.5 Å². The third kappa shape index (κ3) is 1.78. The van der Waals surface area contributed by atoms with Crippen LogP contribution >= 0.6 is 0 Å². The maximum Gasteiger partial charge on any atom is 0.277 e. The predicted octanol–water partition coefficient (Wildman–Crippen LogP) is 3.49. The lowest BCUT2D eigenvalue weighted by molar-refractivity contribution is -0.142. The number of para-hydroxylation sites is 1. The lowest BCUT2D eigenvalue weighted by atomic mass is 9.62. The van der Waals surface area contributed by atoms with Gasteiger partial charge in [0.15, 0.2) is 5.41 Å². The topological polar surface area (TPSA) is 49.9 Å². The second-order valence-electron chi connectivity index (χ2n) is 8.08. The average molecular weight is 418 g/mol. The highest BCUT2D eigenvalue weighted by atomic mass is 19.1. The lowest BCUT2D eigenvalue weighted by Crippen LogP contribution is -2.59. The number of hydrogen-bond acceptors (Lipinski definition) is 3. The van der Waals surface area contributed by atoms with Gasteiger partial charge in [-0.1, -0.05) is 24.3 Å². The summed E-state index contributed by atoms with van der Waals surface area (Å²) in [4.78, 5) is 30.6. The van der Waals surface area contributed by atoms with Crippen molar-refractivity contribution in [2.45, 2.75) is 11.0 Å². The zero-order valence-corrected chi connectivity index (χ0v) is 16.6. The SMILES string of the molecule is CN1C(=O)C2(c3ccccc3O[C@]23C(=O)N(C)c2cc(F)ccc23)c2ccc(F)cc21. The van der Waals surface area contributed by atoms with Crippen LogP contribution in [0.25, 0.3) is 0 Å². The molecule has 2 amide bonds. The van der Waals surface area contributed by atoms with Gasteiger partial charge in [0, 0.05) is 30.8 Å². The minimum atomic E-state index is -1.77. The number of carbonyl (C=O) groups is 2. The highest BCUT2D eigenvalue weighted by Crippen LogP contribution is 2.66. The Morgan fingerprint density at radius 2 is 1.32 bits per heavy atom. The molecule has 0 saturated heterocycles. The van der Waals surface area contributed by atoms with Gasteiger partial charge in [-0.3, -0.25) is 9.59 Å². The highest BCUT2D eigenvalue weighted by molar-refractivity contribution is 6.20. The van der Waals surface area contributed by atoms with Gasteiger partial charge in [0.2, 0.25) is 11.5 Å². The van der Waals surface area contributed by atoms with Crippen LogP contribution in [0.2, 0.25) is 0 Å². The van der Waals surface area contributed by atoms with Crippen LogP contribution in [0.3, 0.4) is 0 Å². The van der Waals surface area contributed by atoms with Gasteiger partial charge in [0.1, 0.15) is 17.4 Å². The van der Waals surface area contributed by atoms with Crippen molar-refractivity contribution >= 4 is 23.2 Å². The fourth-order valence-corrected chi connectivity index (χ4v) is 5.47. The molecule has 3 aromatic rings. The van der Waals surface area contributed by atoms with E-state index in [-0.39, 0.29) is 0 Å². The fraction of sp³-hybridized carbons (Fsp3) is 0.167. The first-order valence-corrected chi connectivity index (χ1v) is 9.79. The number of nitrogens with zero attached hydrogens (tertiary/aromatic N) is 2. The van der Waals surface area contributed by atoms with E-state index in [4.69, 9.17) is 4.74 Å². The molecule has 3 heterocycles. The number of benzene rings is 3. The molecule has 0 aliphatic carbocycles. The maximum atomic E-state index is 14.1. The van der Waals surface area contributed by atoms with E-state index in [0.717, 1.165) is 0 Å². The van der Waals surface area contributed by atoms with Crippen LogP contribution < -0.4 is 14.5 Å². The number of ether oxygens (including phenoxy) is 1. The van der Waals surface area contributed by atoms with Crippen LogP contribution in [0.5, 0.6) is 5.75 Å². The van der Waals surface area contributed by atoms with Crippen molar-refractivity contribution in [3.8, 4) is 5.75 Å². The summed E-state index contributed by atoms with van der Waals surface area (Å²) in [6.07, 6.45) is 0. The summed E-state index contributed by atoms with van der Waals surface area (Å²) >= 11 is 0. The third-order valence-electron chi connectivity index (χ3n) is 6.74. The quantitative estimate of drug-likeness (QED) is 0.562. The number of rotatable bonds is 0. The number of amides is 2. The van der Waals surface area contributed by atoms with Crippen molar-refractivity contribution in [2.24, 2.45) is 0 Å². The molecular weight excluding hydrogens is 402 g/mol. The van der Waals surface area contributed by atoms with E-state index in [9.17, 15) is 18.4 Å². The Kier molecular flexibility index (Phi) is 3.20. The van der Waals surface area contributed by atoms with E-state index in [1.165, 1.54) is 53.2 Å². The normalized spacial score (nSPS) is 25.3. The monoisotopic (exact) mass is 418 g/mol. The van der Waals surface area contributed by atoms with Crippen molar-refractivity contribution in [1.29, 1.82) is 0 Å². The second kappa shape index (κ2) is 5.49. The second-order valence-corrected chi connectivity index (χ2v) is 8.08. The summed E-state index contributed by atoms with van der Waals surface area (Å²) in [7, 11) is 3.09. The summed E-state index contributed by atoms with van der Waals surface area (Å²) in [6.45, 7) is 0. The van der Waals surface area contributed by atoms with E-state index in [1.807, 2.05) is 0 Å². The first kappa shape index (κ1) is 18.1. The molecule has 7 heteroatoms. The Bertz CT molecular complexity index is 1340. The number of carbonyl (C=O) groups excluding carboxylic acids is 2. The summed E-state index contributed by atoms with van der Waals surface area (Å²) in [5.41, 5.74) is -1.24. The smallest absolute Gasteiger partial charge is 0.277 e. The average Bonchev–Trinajstić information content (AvgIpc) is 3.27. The fourth-order valence-electron chi connectivity index (χ4n) is 5.47. The molecule has 0 aromatic heterocycles. The Hall–Kier alpha value is -3.74. The predicted molar refractivity (Wildman–Crippen MR) is 109 cm³/mol. The van der Waals surface area contributed by atoms with Crippen molar-refractivity contribution in [2.75, 3.05) is 23.9 Å². The summed E-state index contributed by atoms with van der Waals surface area (Å²) < 4.78 is 34.6. The number of anilines is 2. The van der Waals surface area contributed by atoms with Crippen LogP contribution in [0.15, 0.2) is 60.7 Å². The van der Waals surface area contributed by atoms with E-state index in [1.54, 1.807) is 31.3 Å². The van der Waals surface area contributed by atoms with Crippen LogP contribution in [0.4, 0.5) is 20.2 Å². The molecular formula is C24H16F2N2O3. The minimum Gasteiger partial charge on any atom is -0.470 e. The van der Waals surface area contributed by atoms with Gasteiger partial charge in [-0.2, -0.15) is 0 Å². The molecule has 0 bridgehead atoms. The van der Waals surface area contributed by atoms with Gasteiger partial charge in [-0.15, -0.1) is 0 Å². The van der Waals surface area contributed by atoms with Gasteiger partial charge in [-0.25, -0.2) is 8.78 Å². The molecule has 3 aliphatic rings. The molecule has 0 saturated carbocycles. The molecule has 31 heavy (non-hydrogen) atoms. The Morgan fingerprint density at radius 3 is 2.03 bits per heavy atom. The van der Waals surface area contributed by atoms with Gasteiger partial charge in [0.05, 0.1) is 11.4 Å². The molecule has 3 aliphatic heterocycles. The Morgan fingerprint density at radius 1 is 0.742 bits per heavy atom. The molecule has 2 spiro atoms. The minimum absolute atomic E-state index is 0.336. The van der Waals surface area contributed by atoms with Crippen LogP contribution in [0.1, 0.15) is 16.7 Å². The Balaban J connectivity index is 1.80. The molecule has 0 N–H and O–H groups in total. The summed E-state index contributed by atoms with van der Waals surface area (Å²) in [5.74, 6) is -1.49. The van der Waals surface area contributed by atoms with Crippen LogP contribution in [-0.2, 0) is 20.6 Å². The largest absolute Gasteiger partial charge is 0.470 e. The number of fused-ring (bicyclic) bond motifs is 7. The van der Waals surface area contributed by atoms with Gasteiger partial charge in [0.25, 0.3) is 5.91 Å². The highest BCUT2D eigenvalue weighted by Gasteiger charge is 2.76. The Labute approximate surface area is 176 Å². The zero-order chi connectivity index (χ0) is 21.7. The first-order valence-electron chi connectivity index (χ1n) is 9.79. The number of halogens is 2. The van der Waals surface area contributed by atoms with Crippen molar-refractivity contribution in [3.63, 3.8) is 0 Å². The maximum absolute atomic E-state index is 14.1. The van der Waals surface area contributed by atoms with Crippen molar-refractivity contribution < 1.29 is 23.1 Å². The van der Waals surface area contributed by atoms with E-state index >= 15 is 0 Å². The number of likely N-dealkylation sites (N-methyl/N-ethyl adjacent to an activating group) is 2. The molecule has 2 atom stereocenters. The van der Waals surface area contributed by atoms with Gasteiger partial charge in [-0.05, 0) is 36.4 Å². The lowest BCUT2D eigenvalue weighted by Gasteiger charge is -2.37. The molecule has 3 aromatic carbocycles. The van der Waals surface area contributed by atoms with E-state index < -0.39 is 34.5 Å². The first-order chi connectivity index (χ1) is 14.8. The van der Waals surface area contributed by atoms with Crippen molar-refractivity contribution in [1.82, 2.24) is 0 Å². The zero-order valence-electron chi connectivity index (χ0n) is 16.6. The standard InChI is InChI=1S/C24H16F2N2O3/c1-27-18-11-13(25)7-9-15(18)23(21(27)29)17-5-3-4-6-20(17)31-24(23)16-10-8-14(26)12-19(16)28(2)22(24)30/h3-12H,1-2H3/t23?,24-/m1/s1. The third-order valence-corrected chi connectivity index (χ3v) is 6.74. The van der Waals surface area contributed by atoms with Crippen LogP contribution in [-0.4, -0.2) is 25.9 Å². The molecule has 0 radical (unpaired) electrons. The molecule has 0 fully saturated rings. The molecule has 5 nitrogen and oxygen atoms in total. The molecule has 6 rings (SSSR count). The van der Waals surface area contributed by atoms with E-state index in [0.29, 0.717) is 33.8 Å². The van der Waals surface area contributed by atoms with E-state index in [2.05, 4.69) is 0 Å². The van der Waals surface area contributed by atoms with Gasteiger partial charge >= 0.3 is 0 Å².